The second-order valence-corrected chi connectivity index (χ2v) is 12.0. The van der Waals surface area contributed by atoms with Gasteiger partial charge < -0.3 is 15.4 Å². The summed E-state index contributed by atoms with van der Waals surface area (Å²) >= 11 is 0. The maximum absolute atomic E-state index is 14.0. The third-order valence-electron chi connectivity index (χ3n) is 7.34. The van der Waals surface area contributed by atoms with Gasteiger partial charge in [0.2, 0.25) is 15.9 Å². The second-order valence-electron chi connectivity index (χ2n) is 10.3. The van der Waals surface area contributed by atoms with E-state index in [1.54, 1.807) is 36.4 Å². The van der Waals surface area contributed by atoms with Crippen molar-refractivity contribution in [3.63, 3.8) is 0 Å². The van der Waals surface area contributed by atoms with Crippen LogP contribution in [0.25, 0.3) is 10.8 Å². The molecule has 2 atom stereocenters. The van der Waals surface area contributed by atoms with Crippen LogP contribution in [0.1, 0.15) is 29.5 Å². The SMILES string of the molecule is N=C(N)c1cccc(C[C@H](NS(=O)(=O)c2ccc3ccccc3c2)C(=O)N2CCC[C@H]2C(=O)OCc2ccccc2)c1. The predicted octanol–water partition coefficient (Wildman–Crippen LogP) is 3.75. The van der Waals surface area contributed by atoms with Crippen LogP contribution in [-0.2, 0) is 37.4 Å². The van der Waals surface area contributed by atoms with E-state index in [-0.39, 0.29) is 23.8 Å². The van der Waals surface area contributed by atoms with Crippen molar-refractivity contribution in [2.75, 3.05) is 6.54 Å². The van der Waals surface area contributed by atoms with Crippen LogP contribution in [0.4, 0.5) is 0 Å². The molecular weight excluding hydrogens is 552 g/mol. The van der Waals surface area contributed by atoms with Crippen molar-refractivity contribution in [2.45, 2.75) is 42.8 Å². The number of nitrogens with one attached hydrogen (secondary N) is 2. The Hall–Kier alpha value is -4.54. The molecule has 5 rings (SSSR count). The zero-order valence-electron chi connectivity index (χ0n) is 22.9. The monoisotopic (exact) mass is 584 g/mol. The van der Waals surface area contributed by atoms with Crippen LogP contribution in [0, 0.1) is 5.41 Å². The van der Waals surface area contributed by atoms with E-state index >= 15 is 0 Å². The number of amides is 1. The van der Waals surface area contributed by atoms with Gasteiger partial charge in [-0.05, 0) is 59.4 Å². The molecule has 1 aliphatic rings. The smallest absolute Gasteiger partial charge is 0.329 e. The maximum atomic E-state index is 14.0. The summed E-state index contributed by atoms with van der Waals surface area (Å²) in [5, 5.41) is 9.41. The lowest BCUT2D eigenvalue weighted by Crippen LogP contribution is -2.52. The van der Waals surface area contributed by atoms with E-state index in [1.165, 1.54) is 11.0 Å². The van der Waals surface area contributed by atoms with Gasteiger partial charge in [0.1, 0.15) is 24.5 Å². The molecule has 4 aromatic rings. The van der Waals surface area contributed by atoms with E-state index in [0.29, 0.717) is 30.5 Å². The molecule has 1 aliphatic heterocycles. The van der Waals surface area contributed by atoms with Crippen molar-refractivity contribution in [1.82, 2.24) is 9.62 Å². The lowest BCUT2D eigenvalue weighted by atomic mass is 10.0. The van der Waals surface area contributed by atoms with Gasteiger partial charge >= 0.3 is 5.97 Å². The number of nitrogens with two attached hydrogens (primary N) is 1. The van der Waals surface area contributed by atoms with Crippen LogP contribution in [0.2, 0.25) is 0 Å². The lowest BCUT2D eigenvalue weighted by Gasteiger charge is -2.28. The number of fused-ring (bicyclic) bond motifs is 1. The average Bonchev–Trinajstić information content (AvgIpc) is 3.50. The molecule has 4 N–H and O–H groups in total. The van der Waals surface area contributed by atoms with Gasteiger partial charge in [0.05, 0.1) is 4.90 Å². The molecule has 1 saturated heterocycles. The zero-order valence-corrected chi connectivity index (χ0v) is 23.7. The Bertz CT molecular complexity index is 1730. The Morgan fingerprint density at radius 1 is 0.929 bits per heavy atom. The van der Waals surface area contributed by atoms with Crippen molar-refractivity contribution in [3.8, 4) is 0 Å². The Balaban J connectivity index is 1.41. The summed E-state index contributed by atoms with van der Waals surface area (Å²) in [4.78, 5) is 28.5. The van der Waals surface area contributed by atoms with Crippen molar-refractivity contribution in [2.24, 2.45) is 5.73 Å². The molecule has 9 nitrogen and oxygen atoms in total. The van der Waals surface area contributed by atoms with Crippen LogP contribution in [0.15, 0.2) is 102 Å². The Morgan fingerprint density at radius 3 is 2.40 bits per heavy atom. The number of amidine groups is 1. The number of likely N-dealkylation sites (tertiary alicyclic amines) is 1. The number of hydrogen-bond acceptors (Lipinski definition) is 6. The van der Waals surface area contributed by atoms with E-state index in [9.17, 15) is 18.0 Å². The quantitative estimate of drug-likeness (QED) is 0.147. The fraction of sp³-hybridized carbons (Fsp3) is 0.219. The fourth-order valence-electron chi connectivity index (χ4n) is 5.17. The van der Waals surface area contributed by atoms with Crippen LogP contribution >= 0.6 is 0 Å². The highest BCUT2D eigenvalue weighted by atomic mass is 32.2. The number of carbonyl (C=O) groups is 2. The molecule has 216 valence electrons. The van der Waals surface area contributed by atoms with Gasteiger partial charge in [0, 0.05) is 12.1 Å². The number of carbonyl (C=O) groups excluding carboxylic acids is 2. The molecule has 10 heteroatoms. The molecule has 0 saturated carbocycles. The first-order valence-corrected chi connectivity index (χ1v) is 15.1. The third kappa shape index (κ3) is 6.67. The van der Waals surface area contributed by atoms with Crippen molar-refractivity contribution >= 4 is 38.5 Å². The third-order valence-corrected chi connectivity index (χ3v) is 8.81. The number of benzene rings is 4. The first kappa shape index (κ1) is 29.0. The molecule has 1 amide bonds. The van der Waals surface area contributed by atoms with Gasteiger partial charge in [-0.1, -0.05) is 78.9 Å². The van der Waals surface area contributed by atoms with Gasteiger partial charge in [0.15, 0.2) is 0 Å². The molecule has 4 aromatic carbocycles. The number of hydrogen-bond donors (Lipinski definition) is 3. The summed E-state index contributed by atoms with van der Waals surface area (Å²) in [6.45, 7) is 0.375. The summed E-state index contributed by atoms with van der Waals surface area (Å²) in [6.07, 6.45) is 0.999. The van der Waals surface area contributed by atoms with Gasteiger partial charge in [-0.2, -0.15) is 4.72 Å². The molecule has 0 spiro atoms. The van der Waals surface area contributed by atoms with E-state index in [2.05, 4.69) is 4.72 Å². The lowest BCUT2D eigenvalue weighted by molar-refractivity contribution is -0.155. The fourth-order valence-corrected chi connectivity index (χ4v) is 6.40. The molecule has 1 heterocycles. The zero-order chi connectivity index (χ0) is 29.7. The van der Waals surface area contributed by atoms with Crippen LogP contribution in [0.5, 0.6) is 0 Å². The van der Waals surface area contributed by atoms with Crippen LogP contribution in [-0.4, -0.2) is 49.7 Å². The standard InChI is InChI=1S/C32H32N4O5S/c33-30(34)26-13-6-10-23(18-26)19-28(35-42(39,40)27-16-15-24-11-4-5-12-25(24)20-27)31(37)36-17-7-14-29(36)32(38)41-21-22-8-2-1-3-9-22/h1-6,8-13,15-16,18,20,28-29,35H,7,14,17,19,21H2,(H3,33,34)/t28-,29-/m0/s1. The normalized spacial score (nSPS) is 15.8. The molecule has 0 radical (unpaired) electrons. The number of esters is 1. The van der Waals surface area contributed by atoms with Gasteiger partial charge in [-0.15, -0.1) is 0 Å². The molecule has 0 aliphatic carbocycles. The largest absolute Gasteiger partial charge is 0.459 e. The number of sulfonamides is 1. The minimum atomic E-state index is -4.14. The highest BCUT2D eigenvalue weighted by molar-refractivity contribution is 7.89. The van der Waals surface area contributed by atoms with Gasteiger partial charge in [-0.25, -0.2) is 13.2 Å². The van der Waals surface area contributed by atoms with Crippen molar-refractivity contribution in [1.29, 1.82) is 5.41 Å². The molecule has 1 fully saturated rings. The first-order chi connectivity index (χ1) is 20.2. The minimum Gasteiger partial charge on any atom is -0.459 e. The van der Waals surface area contributed by atoms with E-state index < -0.39 is 34.0 Å². The highest BCUT2D eigenvalue weighted by Gasteiger charge is 2.39. The number of nitrogens with zero attached hydrogens (tertiary/aromatic N) is 1. The Kier molecular flexibility index (Phi) is 8.65. The summed E-state index contributed by atoms with van der Waals surface area (Å²) in [5.74, 6) is -1.19. The maximum Gasteiger partial charge on any atom is 0.329 e. The van der Waals surface area contributed by atoms with Gasteiger partial charge in [0.25, 0.3) is 0 Å². The topological polar surface area (TPSA) is 143 Å². The molecule has 0 aromatic heterocycles. The summed E-state index contributed by atoms with van der Waals surface area (Å²) in [5.41, 5.74) is 7.56. The Morgan fingerprint density at radius 2 is 1.64 bits per heavy atom. The van der Waals surface area contributed by atoms with Crippen molar-refractivity contribution < 1.29 is 22.7 Å². The number of rotatable bonds is 10. The first-order valence-electron chi connectivity index (χ1n) is 13.7. The molecule has 0 unspecified atom stereocenters. The summed E-state index contributed by atoms with van der Waals surface area (Å²) in [7, 11) is -4.14. The summed E-state index contributed by atoms with van der Waals surface area (Å²) in [6, 6.07) is 26.2. The van der Waals surface area contributed by atoms with E-state index in [4.69, 9.17) is 15.9 Å². The highest BCUT2D eigenvalue weighted by Crippen LogP contribution is 2.24. The second kappa shape index (κ2) is 12.5. The minimum absolute atomic E-state index is 0.00491. The summed E-state index contributed by atoms with van der Waals surface area (Å²) < 4.78 is 35.4. The van der Waals surface area contributed by atoms with Crippen molar-refractivity contribution in [3.05, 3.63) is 114 Å². The van der Waals surface area contributed by atoms with E-state index in [1.807, 2.05) is 54.6 Å². The van der Waals surface area contributed by atoms with Crippen LogP contribution in [0.3, 0.4) is 0 Å². The van der Waals surface area contributed by atoms with Gasteiger partial charge in [-0.3, -0.25) is 10.2 Å². The van der Waals surface area contributed by atoms with E-state index in [0.717, 1.165) is 16.3 Å². The molecular formula is C32H32N4O5S. The molecule has 42 heavy (non-hydrogen) atoms. The average molecular weight is 585 g/mol. The number of nitrogen functional groups attached to an aromatic ring is 1. The Labute approximate surface area is 244 Å². The van der Waals surface area contributed by atoms with Crippen LogP contribution < -0.4 is 10.5 Å². The predicted molar refractivity (Wildman–Crippen MR) is 160 cm³/mol. The molecule has 0 bridgehead atoms. The number of ether oxygens (including phenoxy) is 1.